The Balaban J connectivity index is 0.000000199. The predicted octanol–water partition coefficient (Wildman–Crippen LogP) is 11.5. The van der Waals surface area contributed by atoms with Gasteiger partial charge in [-0.25, -0.2) is 15.0 Å². The van der Waals surface area contributed by atoms with Crippen LogP contribution in [0.25, 0.3) is 11.4 Å². The van der Waals surface area contributed by atoms with Crippen molar-refractivity contribution in [2.75, 3.05) is 0 Å². The molecule has 4 aromatic heterocycles. The van der Waals surface area contributed by atoms with Crippen LogP contribution in [0.5, 0.6) is 0 Å². The second-order valence-corrected chi connectivity index (χ2v) is 19.0. The van der Waals surface area contributed by atoms with E-state index in [1.165, 1.54) is 49.0 Å². The molecular formula is C55H48BClF12N10O4. The maximum Gasteiger partial charge on any atom is 0.488 e. The molecule has 0 aliphatic carbocycles. The topological polar surface area (TPSA) is 171 Å². The molecule has 6 heterocycles. The summed E-state index contributed by atoms with van der Waals surface area (Å²) in [5.74, 6) is 0.709. The second kappa shape index (κ2) is 25.1. The predicted molar refractivity (Wildman–Crippen MR) is 286 cm³/mol. The minimum absolute atomic E-state index is 0. The monoisotopic (exact) mass is 1190 g/mol. The molecule has 10 rings (SSSR count). The Hall–Kier alpha value is -8.17. The van der Waals surface area contributed by atoms with Gasteiger partial charge in [-0.05, 0) is 77.4 Å². The maximum absolute atomic E-state index is 13.4. The number of rotatable bonds is 12. The summed E-state index contributed by atoms with van der Waals surface area (Å²) in [5.41, 5.74) is 0.923. The fourth-order valence-electron chi connectivity index (χ4n) is 8.62. The van der Waals surface area contributed by atoms with Crippen molar-refractivity contribution in [1.82, 2.24) is 38.7 Å². The first-order valence-corrected chi connectivity index (χ1v) is 25.2. The van der Waals surface area contributed by atoms with Crippen LogP contribution in [-0.2, 0) is 63.7 Å². The number of halogens is 13. The third kappa shape index (κ3) is 14.9. The first kappa shape index (κ1) is 62.4. The molecule has 14 nitrogen and oxygen atoms in total. The molecule has 2 N–H and O–H groups in total. The molecule has 0 amide bonds. The normalized spacial score (nSPS) is 13.0. The summed E-state index contributed by atoms with van der Waals surface area (Å²) in [6.07, 6.45) is -9.49. The van der Waals surface area contributed by atoms with Crippen molar-refractivity contribution in [3.05, 3.63) is 203 Å². The lowest BCUT2D eigenvalue weighted by atomic mass is 9.80. The zero-order valence-corrected chi connectivity index (χ0v) is 43.6. The highest BCUT2D eigenvalue weighted by Gasteiger charge is 2.34. The van der Waals surface area contributed by atoms with E-state index in [4.69, 9.17) is 21.6 Å². The van der Waals surface area contributed by atoms with Crippen molar-refractivity contribution < 1.29 is 62.7 Å². The molecule has 28 heteroatoms. The van der Waals surface area contributed by atoms with E-state index >= 15 is 0 Å². The first-order chi connectivity index (χ1) is 38.6. The van der Waals surface area contributed by atoms with Crippen LogP contribution >= 0.6 is 11.6 Å². The van der Waals surface area contributed by atoms with E-state index < -0.39 is 54.1 Å². The molecule has 0 spiro atoms. The van der Waals surface area contributed by atoms with Gasteiger partial charge in [-0.1, -0.05) is 81.9 Å². The van der Waals surface area contributed by atoms with Gasteiger partial charge in [0.2, 0.25) is 5.28 Å². The van der Waals surface area contributed by atoms with E-state index in [0.29, 0.717) is 82.1 Å². The van der Waals surface area contributed by atoms with Gasteiger partial charge in [0, 0.05) is 55.0 Å². The molecule has 2 aliphatic heterocycles. The molecule has 0 radical (unpaired) electrons. The van der Waals surface area contributed by atoms with Crippen molar-refractivity contribution in [2.24, 2.45) is 9.98 Å². The number of alkyl halides is 12. The summed E-state index contributed by atoms with van der Waals surface area (Å²) in [6, 6.07) is 18.2. The highest BCUT2D eigenvalue weighted by molar-refractivity contribution is 6.58. The number of nitrogens with zero attached hydrogens (tertiary/aromatic N) is 10. The van der Waals surface area contributed by atoms with Crippen molar-refractivity contribution in [3.63, 3.8) is 0 Å². The zero-order chi connectivity index (χ0) is 59.5. The molecule has 0 saturated heterocycles. The summed E-state index contributed by atoms with van der Waals surface area (Å²) >= 11 is 6.11. The molecule has 0 atom stereocenters. The molecule has 8 aromatic rings. The number of aromatic nitrogens is 8. The van der Waals surface area contributed by atoms with Gasteiger partial charge in [-0.15, -0.1) is 0 Å². The van der Waals surface area contributed by atoms with Crippen LogP contribution in [0.2, 0.25) is 5.28 Å². The smallest absolute Gasteiger partial charge is 0.423 e. The lowest BCUT2D eigenvalue weighted by Gasteiger charge is -2.14. The van der Waals surface area contributed by atoms with Crippen molar-refractivity contribution in [3.8, 4) is 11.4 Å². The Morgan fingerprint density at radius 3 is 1.37 bits per heavy atom. The highest BCUT2D eigenvalue weighted by atomic mass is 35.5. The van der Waals surface area contributed by atoms with Crippen LogP contribution < -0.4 is 16.6 Å². The van der Waals surface area contributed by atoms with Gasteiger partial charge in [0.25, 0.3) is 11.1 Å². The van der Waals surface area contributed by atoms with E-state index in [-0.39, 0.29) is 60.4 Å². The van der Waals surface area contributed by atoms with E-state index in [1.807, 2.05) is 13.8 Å². The molecule has 436 valence electrons. The van der Waals surface area contributed by atoms with E-state index in [9.17, 15) is 62.3 Å². The minimum Gasteiger partial charge on any atom is -0.423 e. The van der Waals surface area contributed by atoms with Crippen LogP contribution in [0.1, 0.15) is 89.8 Å². The van der Waals surface area contributed by atoms with E-state index in [0.717, 1.165) is 67.1 Å². The summed E-state index contributed by atoms with van der Waals surface area (Å²) in [5, 5.41) is 25.7. The lowest BCUT2D eigenvalue weighted by Crippen LogP contribution is -2.29. The third-order valence-electron chi connectivity index (χ3n) is 12.6. The van der Waals surface area contributed by atoms with Crippen LogP contribution in [0.15, 0.2) is 141 Å². The van der Waals surface area contributed by atoms with Crippen LogP contribution in [0, 0.1) is 0 Å². The lowest BCUT2D eigenvalue weighted by molar-refractivity contribution is -0.138. The molecule has 0 fully saturated rings. The SMILES string of the molecule is C.CCCn1c(-c2ccc(C(F)(F)F)cc2)nc2c(c1=O)CC(c1cnn(Cc3cccc(C(F)(F)F)c3)c1)=N2.CCCn1c(Cl)nc2c(c1=O)CC(c1cnn(Cc3cccc(C(F)(F)F)c3)c1)=N2.OB(O)c1ccc(C(F)(F)F)cc1. The Morgan fingerprint density at radius 1 is 0.542 bits per heavy atom. The van der Waals surface area contributed by atoms with Gasteiger partial charge in [-0.3, -0.25) is 28.1 Å². The fraction of sp³-hybridized carbons (Fsp3) is 0.273. The van der Waals surface area contributed by atoms with Crippen molar-refractivity contribution >= 4 is 47.2 Å². The summed E-state index contributed by atoms with van der Waals surface area (Å²) in [7, 11) is -1.73. The Bertz CT molecular complexity index is 3790. The van der Waals surface area contributed by atoms with Crippen molar-refractivity contribution in [2.45, 2.75) is 97.8 Å². The molecule has 4 aromatic carbocycles. The molecule has 83 heavy (non-hydrogen) atoms. The average Bonchev–Trinajstić information content (AvgIpc) is 4.37. The third-order valence-corrected chi connectivity index (χ3v) is 12.9. The Labute approximate surface area is 469 Å². The van der Waals surface area contributed by atoms with Gasteiger partial charge in [0.1, 0.15) is 5.82 Å². The van der Waals surface area contributed by atoms with Gasteiger partial charge >= 0.3 is 31.8 Å². The van der Waals surface area contributed by atoms with Crippen LogP contribution in [0.4, 0.5) is 64.3 Å². The van der Waals surface area contributed by atoms with Gasteiger partial charge in [0.15, 0.2) is 11.6 Å². The average molecular weight is 1190 g/mol. The number of hydrogen-bond acceptors (Lipinski definition) is 10. The molecule has 0 unspecified atom stereocenters. The summed E-state index contributed by atoms with van der Waals surface area (Å²) in [4.78, 5) is 43.7. The Kier molecular flexibility index (Phi) is 18.9. The first-order valence-electron chi connectivity index (χ1n) is 24.8. The van der Waals surface area contributed by atoms with Crippen molar-refractivity contribution in [1.29, 1.82) is 0 Å². The number of benzene rings is 4. The Morgan fingerprint density at radius 2 is 0.952 bits per heavy atom. The molecule has 0 bridgehead atoms. The maximum atomic E-state index is 13.4. The minimum atomic E-state index is -4.49. The van der Waals surface area contributed by atoms with Gasteiger partial charge < -0.3 is 10.0 Å². The van der Waals surface area contributed by atoms with Gasteiger partial charge in [-0.2, -0.15) is 67.9 Å². The zero-order valence-electron chi connectivity index (χ0n) is 42.9. The standard InChI is InChI=1S/C27H21F6N5O.C20H17ClF3N5O.C7H6BF3O2.CH4/c1-2-10-38-24(17-6-8-19(9-7-17)26(28,29)30)36-23-21(25(38)39)12-22(35-23)18-13-34-37(15-18)14-16-4-3-5-20(11-16)27(31,32)33;1-2-6-29-18(30)15-8-16(26-17(15)27-19(29)21)13-9-25-28(11-13)10-12-4-3-5-14(7-12)20(22,23)24;9-7(10,11)5-1-3-6(4-2-5)8(12)13;/h3-9,11,13,15H,2,10,12,14H2,1H3;3-5,7,9,11H,2,6,8,10H2,1H3;1-4,12-13H;1H4. The number of hydrogen-bond donors (Lipinski definition) is 2. The van der Waals surface area contributed by atoms with Crippen LogP contribution in [0.3, 0.4) is 0 Å². The molecule has 2 aliphatic rings. The summed E-state index contributed by atoms with van der Waals surface area (Å²) in [6.45, 7) is 4.89. The van der Waals surface area contributed by atoms with Crippen LogP contribution in [-0.4, -0.2) is 67.3 Å². The quantitative estimate of drug-likeness (QED) is 0.0691. The summed E-state index contributed by atoms with van der Waals surface area (Å²) < 4.78 is 159. The number of aliphatic imine (C=N–C) groups is 2. The van der Waals surface area contributed by atoms with E-state index in [1.54, 1.807) is 30.7 Å². The van der Waals surface area contributed by atoms with E-state index in [2.05, 4.69) is 30.2 Å². The largest absolute Gasteiger partial charge is 0.488 e. The molecular weight excluding hydrogens is 1140 g/mol. The molecule has 0 saturated carbocycles. The number of fused-ring (bicyclic) bond motifs is 2. The highest BCUT2D eigenvalue weighted by Crippen LogP contribution is 2.35. The van der Waals surface area contributed by atoms with Gasteiger partial charge in [0.05, 0.1) is 70.3 Å². The fourth-order valence-corrected chi connectivity index (χ4v) is 8.86. The second-order valence-electron chi connectivity index (χ2n) is 18.6.